The summed E-state index contributed by atoms with van der Waals surface area (Å²) in [7, 11) is 1.42. The molecule has 0 fully saturated rings. The lowest BCUT2D eigenvalue weighted by Crippen LogP contribution is -2.30. The van der Waals surface area contributed by atoms with Crippen molar-refractivity contribution in [2.75, 3.05) is 12.4 Å². The molecular formula is C14H20BrNO2. The number of halogens is 1. The summed E-state index contributed by atoms with van der Waals surface area (Å²) >= 11 is 3.48. The molecule has 3 nitrogen and oxygen atoms in total. The molecule has 0 amide bonds. The Bertz CT molecular complexity index is 407. The number of hydrogen-bond donors (Lipinski definition) is 1. The predicted molar refractivity (Wildman–Crippen MR) is 77.8 cm³/mol. The number of unbranched alkanes of at least 4 members (excludes halogenated alkanes) is 1. The number of ether oxygens (including phenoxy) is 1. The summed E-state index contributed by atoms with van der Waals surface area (Å²) in [5.74, 6) is -0.211. The second kappa shape index (κ2) is 7.41. The van der Waals surface area contributed by atoms with Crippen LogP contribution >= 0.6 is 15.9 Å². The first kappa shape index (κ1) is 15.0. The molecule has 0 radical (unpaired) electrons. The average Bonchev–Trinajstić information content (AvgIpc) is 2.37. The first-order valence-electron chi connectivity index (χ1n) is 6.19. The van der Waals surface area contributed by atoms with Gasteiger partial charge in [0.25, 0.3) is 0 Å². The molecule has 0 aliphatic heterocycles. The second-order valence-electron chi connectivity index (χ2n) is 4.35. The minimum atomic E-state index is -0.284. The molecule has 1 rings (SSSR count). The minimum Gasteiger partial charge on any atom is -0.467 e. The van der Waals surface area contributed by atoms with Crippen molar-refractivity contribution in [2.45, 2.75) is 39.2 Å². The highest BCUT2D eigenvalue weighted by molar-refractivity contribution is 9.10. The number of benzene rings is 1. The molecule has 1 aromatic rings. The summed E-state index contributed by atoms with van der Waals surface area (Å²) in [6, 6.07) is 5.74. The van der Waals surface area contributed by atoms with Crippen LogP contribution in [0.3, 0.4) is 0 Å². The molecule has 0 saturated carbocycles. The molecule has 100 valence electrons. The molecule has 0 aromatic heterocycles. The molecule has 0 heterocycles. The third-order valence-corrected chi connectivity index (χ3v) is 3.48. The largest absolute Gasteiger partial charge is 0.467 e. The van der Waals surface area contributed by atoms with Crippen LogP contribution in [0.4, 0.5) is 5.69 Å². The smallest absolute Gasteiger partial charge is 0.328 e. The SMILES string of the molecule is CCCCC(Nc1cc(C)ccc1Br)C(=O)OC. The first-order chi connectivity index (χ1) is 8.58. The van der Waals surface area contributed by atoms with Gasteiger partial charge in [0.2, 0.25) is 0 Å². The van der Waals surface area contributed by atoms with Crippen LogP contribution in [0.2, 0.25) is 0 Å². The molecule has 4 heteroatoms. The molecule has 1 N–H and O–H groups in total. The molecule has 0 spiro atoms. The Morgan fingerprint density at radius 3 is 2.83 bits per heavy atom. The highest BCUT2D eigenvalue weighted by Crippen LogP contribution is 2.25. The van der Waals surface area contributed by atoms with Crippen molar-refractivity contribution in [3.05, 3.63) is 28.2 Å². The van der Waals surface area contributed by atoms with E-state index in [0.29, 0.717) is 0 Å². The van der Waals surface area contributed by atoms with Gasteiger partial charge in [-0.2, -0.15) is 0 Å². The van der Waals surface area contributed by atoms with Crippen LogP contribution < -0.4 is 5.32 Å². The molecular weight excluding hydrogens is 294 g/mol. The van der Waals surface area contributed by atoms with E-state index in [1.54, 1.807) is 0 Å². The van der Waals surface area contributed by atoms with Gasteiger partial charge in [-0.15, -0.1) is 0 Å². The number of methoxy groups -OCH3 is 1. The Morgan fingerprint density at radius 1 is 1.50 bits per heavy atom. The van der Waals surface area contributed by atoms with Crippen molar-refractivity contribution in [1.29, 1.82) is 0 Å². The number of carbonyl (C=O) groups excluding carboxylic acids is 1. The molecule has 0 aliphatic rings. The van der Waals surface area contributed by atoms with E-state index in [1.807, 2.05) is 25.1 Å². The molecule has 0 aliphatic carbocycles. The molecule has 1 atom stereocenters. The number of anilines is 1. The lowest BCUT2D eigenvalue weighted by atomic mass is 10.1. The van der Waals surface area contributed by atoms with Gasteiger partial charge < -0.3 is 10.1 Å². The number of nitrogens with one attached hydrogen (secondary N) is 1. The molecule has 1 aromatic carbocycles. The van der Waals surface area contributed by atoms with E-state index >= 15 is 0 Å². The number of hydrogen-bond acceptors (Lipinski definition) is 3. The van der Waals surface area contributed by atoms with Crippen LogP contribution in [-0.2, 0) is 9.53 Å². The van der Waals surface area contributed by atoms with Gasteiger partial charge in [0, 0.05) is 10.2 Å². The van der Waals surface area contributed by atoms with Gasteiger partial charge in [-0.1, -0.05) is 25.8 Å². The first-order valence-corrected chi connectivity index (χ1v) is 6.98. The highest BCUT2D eigenvalue weighted by atomic mass is 79.9. The molecule has 1 unspecified atom stereocenters. The van der Waals surface area contributed by atoms with Gasteiger partial charge in [0.05, 0.1) is 7.11 Å². The summed E-state index contributed by atoms with van der Waals surface area (Å²) in [5.41, 5.74) is 2.08. The van der Waals surface area contributed by atoms with E-state index in [4.69, 9.17) is 4.74 Å². The van der Waals surface area contributed by atoms with E-state index in [1.165, 1.54) is 7.11 Å². The number of esters is 1. The lowest BCUT2D eigenvalue weighted by Gasteiger charge is -2.18. The van der Waals surface area contributed by atoms with Crippen molar-refractivity contribution < 1.29 is 9.53 Å². The fraction of sp³-hybridized carbons (Fsp3) is 0.500. The van der Waals surface area contributed by atoms with Crippen molar-refractivity contribution in [1.82, 2.24) is 0 Å². The van der Waals surface area contributed by atoms with Gasteiger partial charge in [-0.3, -0.25) is 0 Å². The normalized spacial score (nSPS) is 12.0. The lowest BCUT2D eigenvalue weighted by molar-refractivity contribution is -0.141. The summed E-state index contributed by atoms with van der Waals surface area (Å²) in [6.45, 7) is 4.13. The quantitative estimate of drug-likeness (QED) is 0.809. The maximum Gasteiger partial charge on any atom is 0.328 e. The van der Waals surface area contributed by atoms with E-state index in [2.05, 4.69) is 28.2 Å². The van der Waals surface area contributed by atoms with E-state index in [0.717, 1.165) is 35.0 Å². The molecule has 0 saturated heterocycles. The van der Waals surface area contributed by atoms with Crippen LogP contribution in [0.15, 0.2) is 22.7 Å². The summed E-state index contributed by atoms with van der Waals surface area (Å²) < 4.78 is 5.79. The summed E-state index contributed by atoms with van der Waals surface area (Å²) in [5, 5.41) is 3.25. The Kier molecular flexibility index (Phi) is 6.19. The van der Waals surface area contributed by atoms with Gasteiger partial charge in [-0.25, -0.2) is 4.79 Å². The van der Waals surface area contributed by atoms with Crippen molar-refractivity contribution in [2.24, 2.45) is 0 Å². The van der Waals surface area contributed by atoms with Crippen LogP contribution in [0.5, 0.6) is 0 Å². The van der Waals surface area contributed by atoms with Crippen molar-refractivity contribution >= 4 is 27.6 Å². The fourth-order valence-corrected chi connectivity index (χ4v) is 2.10. The zero-order chi connectivity index (χ0) is 13.5. The molecule has 18 heavy (non-hydrogen) atoms. The Hall–Kier alpha value is -1.03. The van der Waals surface area contributed by atoms with E-state index in [-0.39, 0.29) is 12.0 Å². The predicted octanol–water partition coefficient (Wildman–Crippen LogP) is 3.90. The van der Waals surface area contributed by atoms with Gasteiger partial charge >= 0.3 is 5.97 Å². The van der Waals surface area contributed by atoms with Gasteiger partial charge in [0.1, 0.15) is 6.04 Å². The van der Waals surface area contributed by atoms with Crippen molar-refractivity contribution in [3.8, 4) is 0 Å². The third-order valence-electron chi connectivity index (χ3n) is 2.78. The highest BCUT2D eigenvalue weighted by Gasteiger charge is 2.19. The van der Waals surface area contributed by atoms with E-state index in [9.17, 15) is 4.79 Å². The van der Waals surface area contributed by atoms with Crippen LogP contribution in [-0.4, -0.2) is 19.1 Å². The second-order valence-corrected chi connectivity index (χ2v) is 5.20. The van der Waals surface area contributed by atoms with Crippen LogP contribution in [0.1, 0.15) is 31.7 Å². The monoisotopic (exact) mass is 313 g/mol. The zero-order valence-corrected chi connectivity index (χ0v) is 12.7. The van der Waals surface area contributed by atoms with E-state index < -0.39 is 0 Å². The summed E-state index contributed by atoms with van der Waals surface area (Å²) in [6.07, 6.45) is 2.84. The Balaban J connectivity index is 2.81. The zero-order valence-electron chi connectivity index (χ0n) is 11.1. The molecule has 0 bridgehead atoms. The number of carbonyl (C=O) groups is 1. The average molecular weight is 314 g/mol. The van der Waals surface area contributed by atoms with Gasteiger partial charge in [-0.05, 0) is 47.0 Å². The van der Waals surface area contributed by atoms with Crippen molar-refractivity contribution in [3.63, 3.8) is 0 Å². The standard InChI is InChI=1S/C14H20BrNO2/c1-4-5-6-12(14(17)18-3)16-13-9-10(2)7-8-11(13)15/h7-9,12,16H,4-6H2,1-3H3. The fourth-order valence-electron chi connectivity index (χ4n) is 1.74. The Morgan fingerprint density at radius 2 is 2.22 bits per heavy atom. The maximum atomic E-state index is 11.7. The third kappa shape index (κ3) is 4.33. The number of rotatable bonds is 6. The minimum absolute atomic E-state index is 0.211. The van der Waals surface area contributed by atoms with Crippen LogP contribution in [0, 0.1) is 6.92 Å². The maximum absolute atomic E-state index is 11.7. The Labute approximate surface area is 117 Å². The van der Waals surface area contributed by atoms with Gasteiger partial charge in [0.15, 0.2) is 0 Å². The topological polar surface area (TPSA) is 38.3 Å². The summed E-state index contributed by atoms with van der Waals surface area (Å²) in [4.78, 5) is 11.7. The van der Waals surface area contributed by atoms with Crippen LogP contribution in [0.25, 0.3) is 0 Å². The number of aryl methyl sites for hydroxylation is 1.